The summed E-state index contributed by atoms with van der Waals surface area (Å²) in [5.74, 6) is -0.560. The molecule has 1 aromatic heterocycles. The van der Waals surface area contributed by atoms with Crippen LogP contribution in [0, 0.1) is 0 Å². The minimum atomic E-state index is -4.00. The van der Waals surface area contributed by atoms with Gasteiger partial charge in [0.05, 0.1) is 4.90 Å². The van der Waals surface area contributed by atoms with Crippen LogP contribution < -0.4 is 25.6 Å². The van der Waals surface area contributed by atoms with Crippen LogP contribution in [0.25, 0.3) is 0 Å². The molecule has 0 radical (unpaired) electrons. The number of nitrogens with zero attached hydrogens (tertiary/aromatic N) is 4. The van der Waals surface area contributed by atoms with Gasteiger partial charge in [-0.25, -0.2) is 17.9 Å². The first-order valence-corrected chi connectivity index (χ1v) is 10.8. The van der Waals surface area contributed by atoms with Crippen LogP contribution in [0.4, 0.5) is 22.1 Å². The van der Waals surface area contributed by atoms with Crippen molar-refractivity contribution < 1.29 is 18.0 Å². The summed E-state index contributed by atoms with van der Waals surface area (Å²) < 4.78 is 27.1. The number of para-hydroxylation sites is 1. The molecule has 3 amide bonds. The number of anilines is 3. The lowest BCUT2D eigenvalue weighted by Crippen LogP contribution is -2.54. The number of nitrogens with one attached hydrogen (secondary N) is 5. The number of amides is 3. The van der Waals surface area contributed by atoms with Gasteiger partial charge in [-0.1, -0.05) is 29.4 Å². The maximum Gasteiger partial charge on any atom is 0.320 e. The third kappa shape index (κ3) is 4.50. The second-order valence-electron chi connectivity index (χ2n) is 6.81. The van der Waals surface area contributed by atoms with Gasteiger partial charge in [0.25, 0.3) is 21.9 Å². The normalized spacial score (nSPS) is 16.1. The van der Waals surface area contributed by atoms with E-state index in [1.54, 1.807) is 7.05 Å². The summed E-state index contributed by atoms with van der Waals surface area (Å²) in [6, 6.07) is 12.3. The van der Waals surface area contributed by atoms with Gasteiger partial charge in [-0.2, -0.15) is 5.21 Å². The first-order chi connectivity index (χ1) is 15.3. The second kappa shape index (κ2) is 8.60. The van der Waals surface area contributed by atoms with Crippen molar-refractivity contribution in [2.24, 2.45) is 0 Å². The van der Waals surface area contributed by atoms with Gasteiger partial charge in [-0.15, -0.1) is 5.10 Å². The van der Waals surface area contributed by atoms with Crippen LogP contribution >= 0.6 is 0 Å². The fourth-order valence-corrected chi connectivity index (χ4v) is 4.12. The van der Waals surface area contributed by atoms with Gasteiger partial charge in [0.1, 0.15) is 0 Å². The molecule has 0 saturated heterocycles. The molecule has 4 rings (SSSR count). The molecule has 0 saturated carbocycles. The summed E-state index contributed by atoms with van der Waals surface area (Å²) in [5, 5.41) is 20.6. The number of hydrogen-bond donors (Lipinski definition) is 5. The van der Waals surface area contributed by atoms with Crippen LogP contribution in [0.3, 0.4) is 0 Å². The fraction of sp³-hybridized carbons (Fsp3) is 0.167. The molecule has 0 spiro atoms. The Hall–Kier alpha value is -4.04. The van der Waals surface area contributed by atoms with Crippen molar-refractivity contribution in [3.8, 4) is 0 Å². The average molecular weight is 457 g/mol. The number of carbonyl (C=O) groups excluding carboxylic acids is 2. The van der Waals surface area contributed by atoms with Crippen molar-refractivity contribution in [2.45, 2.75) is 17.6 Å². The topological polar surface area (TPSA) is 174 Å². The number of tetrazole rings is 1. The largest absolute Gasteiger partial charge is 0.320 e. The van der Waals surface area contributed by atoms with E-state index < -0.39 is 22.2 Å². The average Bonchev–Trinajstić information content (AvgIpc) is 3.24. The number of sulfonamides is 1. The van der Waals surface area contributed by atoms with E-state index >= 15 is 0 Å². The Bertz CT molecular complexity index is 1250. The highest BCUT2D eigenvalue weighted by Crippen LogP contribution is 2.22. The molecule has 1 aliphatic heterocycles. The summed E-state index contributed by atoms with van der Waals surface area (Å²) in [4.78, 5) is 26.6. The van der Waals surface area contributed by atoms with E-state index in [9.17, 15) is 18.0 Å². The monoisotopic (exact) mass is 457 g/mol. The molecule has 1 atom stereocenters. The zero-order valence-corrected chi connectivity index (χ0v) is 17.5. The highest BCUT2D eigenvalue weighted by atomic mass is 32.2. The third-order valence-electron chi connectivity index (χ3n) is 4.68. The predicted octanol–water partition coefficient (Wildman–Crippen LogP) is 0.214. The summed E-state index contributed by atoms with van der Waals surface area (Å²) in [6.45, 7) is 0.382. The van der Waals surface area contributed by atoms with Crippen LogP contribution in [0.5, 0.6) is 0 Å². The number of aromatic nitrogens is 4. The second-order valence-corrected chi connectivity index (χ2v) is 8.49. The van der Waals surface area contributed by atoms with Gasteiger partial charge in [0, 0.05) is 25.0 Å². The molecule has 14 heteroatoms. The van der Waals surface area contributed by atoms with E-state index in [2.05, 4.69) is 41.3 Å². The molecule has 1 unspecified atom stereocenters. The fourth-order valence-electron chi connectivity index (χ4n) is 3.14. The Labute approximate surface area is 182 Å². The number of likely N-dealkylation sites (N-methyl/N-ethyl adjacent to an activating group) is 1. The number of carbonyl (C=O) groups is 2. The molecule has 0 aliphatic carbocycles. The number of benzene rings is 2. The zero-order valence-electron chi connectivity index (χ0n) is 16.7. The number of hydrogen-bond acceptors (Lipinski definition) is 8. The molecule has 2 aromatic carbocycles. The maximum atomic E-state index is 12.7. The van der Waals surface area contributed by atoms with Gasteiger partial charge < -0.3 is 15.5 Å². The standard InChI is InChI=1S/C18H19N9O4S/c1-27-14-8-3-2-5-11(14)10-19-15(16(27)28)21-18(29)20-12-6-4-7-13(9-12)32(30,31)24-17-22-25-26-23-17/h2-9,15,19H,10H2,1H3,(H2,20,21,29)(H2,22,23,24,25,26). The lowest BCUT2D eigenvalue weighted by Gasteiger charge is -2.22. The van der Waals surface area contributed by atoms with Gasteiger partial charge in [0.15, 0.2) is 6.17 Å². The van der Waals surface area contributed by atoms with E-state index in [-0.39, 0.29) is 22.4 Å². The first kappa shape index (κ1) is 21.2. The molecule has 13 nitrogen and oxygen atoms in total. The van der Waals surface area contributed by atoms with Gasteiger partial charge in [-0.3, -0.25) is 10.1 Å². The van der Waals surface area contributed by atoms with Crippen molar-refractivity contribution in [3.05, 3.63) is 54.1 Å². The van der Waals surface area contributed by atoms with Crippen molar-refractivity contribution in [1.29, 1.82) is 0 Å². The summed E-state index contributed by atoms with van der Waals surface area (Å²) in [6.07, 6.45) is -0.973. The van der Waals surface area contributed by atoms with Crippen LogP contribution in [0.15, 0.2) is 53.4 Å². The molecular formula is C18H19N9O4S. The number of urea groups is 1. The Morgan fingerprint density at radius 3 is 2.78 bits per heavy atom. The van der Waals surface area contributed by atoms with E-state index in [0.29, 0.717) is 6.54 Å². The number of aromatic amines is 1. The molecular weight excluding hydrogens is 438 g/mol. The summed E-state index contributed by atoms with van der Waals surface area (Å²) in [5.41, 5.74) is 1.87. The van der Waals surface area contributed by atoms with Crippen molar-refractivity contribution in [2.75, 3.05) is 22.0 Å². The van der Waals surface area contributed by atoms with Crippen molar-refractivity contribution in [1.82, 2.24) is 31.3 Å². The van der Waals surface area contributed by atoms with E-state index in [0.717, 1.165) is 11.3 Å². The molecule has 2 heterocycles. The number of fused-ring (bicyclic) bond motifs is 1. The van der Waals surface area contributed by atoms with Crippen LogP contribution in [-0.2, 0) is 21.4 Å². The minimum absolute atomic E-state index is 0.126. The molecule has 5 N–H and O–H groups in total. The quantitative estimate of drug-likeness (QED) is 0.361. The first-order valence-electron chi connectivity index (χ1n) is 9.36. The predicted molar refractivity (Wildman–Crippen MR) is 114 cm³/mol. The molecule has 166 valence electrons. The smallest absolute Gasteiger partial charge is 0.314 e. The van der Waals surface area contributed by atoms with Crippen molar-refractivity contribution >= 4 is 39.3 Å². The zero-order chi connectivity index (χ0) is 22.7. The Morgan fingerprint density at radius 2 is 2.00 bits per heavy atom. The lowest BCUT2D eigenvalue weighted by molar-refractivity contribution is -0.120. The Kier molecular flexibility index (Phi) is 5.70. The molecule has 1 aliphatic rings. The number of H-pyrrole nitrogens is 1. The molecule has 32 heavy (non-hydrogen) atoms. The van der Waals surface area contributed by atoms with Crippen LogP contribution in [0.1, 0.15) is 5.56 Å². The number of rotatable bonds is 5. The minimum Gasteiger partial charge on any atom is -0.314 e. The van der Waals surface area contributed by atoms with Crippen LogP contribution in [0.2, 0.25) is 0 Å². The summed E-state index contributed by atoms with van der Waals surface area (Å²) in [7, 11) is -2.37. The highest BCUT2D eigenvalue weighted by molar-refractivity contribution is 7.92. The van der Waals surface area contributed by atoms with E-state index in [1.165, 1.54) is 29.2 Å². The van der Waals surface area contributed by atoms with Gasteiger partial charge in [0.2, 0.25) is 0 Å². The molecule has 3 aromatic rings. The Morgan fingerprint density at radius 1 is 1.19 bits per heavy atom. The highest BCUT2D eigenvalue weighted by Gasteiger charge is 2.28. The summed E-state index contributed by atoms with van der Waals surface area (Å²) >= 11 is 0. The SMILES string of the molecule is CN1C(=O)C(NC(=O)Nc2cccc(S(=O)(=O)Nc3nn[nH]n3)c2)NCc2ccccc21. The van der Waals surface area contributed by atoms with E-state index in [1.807, 2.05) is 24.3 Å². The van der Waals surface area contributed by atoms with Gasteiger partial charge >= 0.3 is 6.03 Å². The molecule has 0 bridgehead atoms. The Balaban J connectivity index is 1.43. The maximum absolute atomic E-state index is 12.7. The van der Waals surface area contributed by atoms with Crippen LogP contribution in [-0.4, -0.2) is 54.2 Å². The molecule has 0 fully saturated rings. The van der Waals surface area contributed by atoms with E-state index in [4.69, 9.17) is 0 Å². The third-order valence-corrected chi connectivity index (χ3v) is 6.00. The van der Waals surface area contributed by atoms with Crippen molar-refractivity contribution in [3.63, 3.8) is 0 Å². The lowest BCUT2D eigenvalue weighted by atomic mass is 10.1. The van der Waals surface area contributed by atoms with Gasteiger partial charge in [-0.05, 0) is 35.0 Å².